The van der Waals surface area contributed by atoms with Crippen LogP contribution in [0, 0.1) is 0 Å². The van der Waals surface area contributed by atoms with E-state index in [-0.39, 0.29) is 22.5 Å². The van der Waals surface area contributed by atoms with Gasteiger partial charge in [-0.2, -0.15) is 8.42 Å². The van der Waals surface area contributed by atoms with Crippen LogP contribution in [0.1, 0.15) is 18.1 Å². The molecule has 0 radical (unpaired) electrons. The van der Waals surface area contributed by atoms with Crippen molar-refractivity contribution in [1.29, 1.82) is 0 Å². The van der Waals surface area contributed by atoms with Gasteiger partial charge < -0.3 is 4.90 Å². The topological polar surface area (TPSA) is 70.1 Å². The zero-order chi connectivity index (χ0) is 22.6. The normalized spacial score (nSPS) is 16.9. The Morgan fingerprint density at radius 1 is 1.10 bits per heavy atom. The minimum Gasteiger partial charge on any atom is -0.378 e. The number of anilines is 1. The monoisotopic (exact) mass is 455 g/mol. The van der Waals surface area contributed by atoms with Gasteiger partial charge in [0, 0.05) is 26.3 Å². The highest BCUT2D eigenvalue weighted by Crippen LogP contribution is 2.34. The van der Waals surface area contributed by atoms with Gasteiger partial charge in [0.2, 0.25) is 0 Å². The van der Waals surface area contributed by atoms with Crippen molar-refractivity contribution in [2.24, 2.45) is 4.40 Å². The fourth-order valence-corrected chi connectivity index (χ4v) is 5.13. The molecule has 0 unspecified atom stereocenters. The summed E-state index contributed by atoms with van der Waals surface area (Å²) in [5, 5.41) is 0.126. The molecule has 0 saturated carbocycles. The van der Waals surface area contributed by atoms with Crippen LogP contribution in [0.5, 0.6) is 0 Å². The van der Waals surface area contributed by atoms with Gasteiger partial charge in [0.1, 0.15) is 0 Å². The summed E-state index contributed by atoms with van der Waals surface area (Å²) in [5.41, 5.74) is 2.93. The first-order valence-electron chi connectivity index (χ1n) is 9.78. The quantitative estimate of drug-likeness (QED) is 0.463. The molecular weight excluding hydrogens is 430 g/mol. The number of sulfonamides is 1. The van der Waals surface area contributed by atoms with E-state index in [1.165, 1.54) is 4.90 Å². The number of carbonyl (C=O) groups is 1. The fourth-order valence-electron chi connectivity index (χ4n) is 2.94. The third-order valence-corrected chi connectivity index (χ3v) is 7.14. The Labute approximate surface area is 188 Å². The molecule has 31 heavy (non-hydrogen) atoms. The Bertz CT molecular complexity index is 1130. The van der Waals surface area contributed by atoms with Crippen molar-refractivity contribution in [1.82, 2.24) is 4.90 Å². The van der Waals surface area contributed by atoms with Crippen LogP contribution in [0.4, 0.5) is 5.69 Å². The first kappa shape index (κ1) is 22.8. The molecular formula is C23H25N3O3S2. The lowest BCUT2D eigenvalue weighted by atomic mass is 10.2. The van der Waals surface area contributed by atoms with Gasteiger partial charge in [-0.15, -0.1) is 11.0 Å². The number of benzene rings is 2. The summed E-state index contributed by atoms with van der Waals surface area (Å²) in [4.78, 5) is 16.7. The lowest BCUT2D eigenvalue weighted by Crippen LogP contribution is -2.29. The molecule has 8 heteroatoms. The van der Waals surface area contributed by atoms with Crippen LogP contribution < -0.4 is 4.90 Å². The number of hydrogen-bond donors (Lipinski definition) is 0. The van der Waals surface area contributed by atoms with E-state index in [0.717, 1.165) is 35.0 Å². The maximum absolute atomic E-state index is 12.9. The molecule has 1 aliphatic heterocycles. The predicted molar refractivity (Wildman–Crippen MR) is 129 cm³/mol. The second kappa shape index (κ2) is 9.53. The lowest BCUT2D eigenvalue weighted by molar-refractivity contribution is -0.121. The summed E-state index contributed by atoms with van der Waals surface area (Å²) >= 11 is 1.05. The van der Waals surface area contributed by atoms with Crippen molar-refractivity contribution in [2.75, 3.05) is 25.5 Å². The van der Waals surface area contributed by atoms with Crippen LogP contribution in [0.25, 0.3) is 6.08 Å². The zero-order valence-corrected chi connectivity index (χ0v) is 19.4. The van der Waals surface area contributed by atoms with Crippen LogP contribution in [0.2, 0.25) is 0 Å². The highest BCUT2D eigenvalue weighted by Gasteiger charge is 2.34. The number of rotatable bonds is 7. The van der Waals surface area contributed by atoms with Crippen molar-refractivity contribution in [3.8, 4) is 0 Å². The second-order valence-electron chi connectivity index (χ2n) is 7.15. The molecule has 1 saturated heterocycles. The van der Waals surface area contributed by atoms with Crippen molar-refractivity contribution < 1.29 is 13.2 Å². The van der Waals surface area contributed by atoms with Crippen molar-refractivity contribution in [2.45, 2.75) is 18.2 Å². The second-order valence-corrected chi connectivity index (χ2v) is 9.76. The van der Waals surface area contributed by atoms with Crippen molar-refractivity contribution in [3.05, 3.63) is 77.2 Å². The Morgan fingerprint density at radius 2 is 1.74 bits per heavy atom. The molecule has 162 valence electrons. The van der Waals surface area contributed by atoms with E-state index in [2.05, 4.69) is 11.0 Å². The Hall–Kier alpha value is -2.84. The van der Waals surface area contributed by atoms with E-state index in [1.54, 1.807) is 36.4 Å². The molecule has 1 fully saturated rings. The van der Waals surface area contributed by atoms with Gasteiger partial charge in [0.15, 0.2) is 5.17 Å². The van der Waals surface area contributed by atoms with Crippen LogP contribution in [-0.2, 0) is 21.2 Å². The summed E-state index contributed by atoms with van der Waals surface area (Å²) in [6.45, 7) is 5.84. The molecule has 0 aromatic heterocycles. The fraction of sp³-hybridized carbons (Fsp3) is 0.217. The Kier molecular flexibility index (Phi) is 7.02. The molecule has 2 aromatic carbocycles. The van der Waals surface area contributed by atoms with Gasteiger partial charge >= 0.3 is 0 Å². The number of amidine groups is 1. The van der Waals surface area contributed by atoms with E-state index in [4.69, 9.17) is 0 Å². The molecule has 2 aromatic rings. The van der Waals surface area contributed by atoms with Gasteiger partial charge in [-0.25, -0.2) is 0 Å². The number of hydrogen-bond acceptors (Lipinski definition) is 5. The van der Waals surface area contributed by atoms with Crippen LogP contribution in [0.15, 0.2) is 75.4 Å². The third kappa shape index (κ3) is 5.26. The number of carbonyl (C=O) groups excluding carboxylic acids is 1. The maximum atomic E-state index is 12.9. The lowest BCUT2D eigenvalue weighted by Gasteiger charge is -2.12. The minimum atomic E-state index is -3.95. The molecule has 1 heterocycles. The van der Waals surface area contributed by atoms with Crippen LogP contribution >= 0.6 is 11.8 Å². The van der Waals surface area contributed by atoms with E-state index < -0.39 is 10.0 Å². The number of thioether (sulfide) groups is 1. The SMILES string of the molecule is C=CCN1C(=O)/C(=C/c2ccc(N(C)C)cc2)S/C1=N/S(=O)(=O)c1ccc(CC)cc1. The highest BCUT2D eigenvalue weighted by atomic mass is 32.2. The standard InChI is InChI=1S/C23H25N3O3S2/c1-5-15-26-22(27)21(16-18-7-11-19(12-8-18)25(3)4)30-23(26)24-31(28,29)20-13-9-17(6-2)10-14-20/h5,7-14,16H,1,6,15H2,2-4H3/b21-16-,24-23+. The number of aryl methyl sites for hydroxylation is 1. The van der Waals surface area contributed by atoms with Gasteiger partial charge in [0.25, 0.3) is 15.9 Å². The average Bonchev–Trinajstić information content (AvgIpc) is 3.02. The molecule has 1 amide bonds. The Morgan fingerprint density at radius 3 is 2.29 bits per heavy atom. The number of nitrogens with zero attached hydrogens (tertiary/aromatic N) is 3. The average molecular weight is 456 g/mol. The van der Waals surface area contributed by atoms with Gasteiger partial charge in [-0.05, 0) is 59.7 Å². The number of amides is 1. The Balaban J connectivity index is 1.93. The first-order valence-corrected chi connectivity index (χ1v) is 12.0. The maximum Gasteiger partial charge on any atom is 0.284 e. The summed E-state index contributed by atoms with van der Waals surface area (Å²) in [5.74, 6) is -0.295. The molecule has 0 atom stereocenters. The largest absolute Gasteiger partial charge is 0.378 e. The van der Waals surface area contributed by atoms with Crippen molar-refractivity contribution in [3.63, 3.8) is 0 Å². The molecule has 0 spiro atoms. The molecule has 6 nitrogen and oxygen atoms in total. The highest BCUT2D eigenvalue weighted by molar-refractivity contribution is 8.19. The zero-order valence-electron chi connectivity index (χ0n) is 17.8. The molecule has 3 rings (SSSR count). The van der Waals surface area contributed by atoms with Gasteiger partial charge in [-0.3, -0.25) is 9.69 Å². The summed E-state index contributed by atoms with van der Waals surface area (Å²) < 4.78 is 29.6. The first-order chi connectivity index (χ1) is 14.7. The summed E-state index contributed by atoms with van der Waals surface area (Å²) in [6.07, 6.45) is 4.11. The van der Waals surface area contributed by atoms with E-state index in [0.29, 0.717) is 4.91 Å². The van der Waals surface area contributed by atoms with E-state index >= 15 is 0 Å². The predicted octanol–water partition coefficient (Wildman–Crippen LogP) is 4.16. The van der Waals surface area contributed by atoms with Crippen LogP contribution in [0.3, 0.4) is 0 Å². The molecule has 1 aliphatic rings. The van der Waals surface area contributed by atoms with Gasteiger partial charge in [-0.1, -0.05) is 37.3 Å². The molecule has 0 aliphatic carbocycles. The molecule has 0 N–H and O–H groups in total. The van der Waals surface area contributed by atoms with E-state index in [9.17, 15) is 13.2 Å². The molecule has 0 bridgehead atoms. The van der Waals surface area contributed by atoms with Crippen LogP contribution in [-0.4, -0.2) is 45.0 Å². The summed E-state index contributed by atoms with van der Waals surface area (Å²) in [6, 6.07) is 14.4. The van der Waals surface area contributed by atoms with Gasteiger partial charge in [0.05, 0.1) is 9.80 Å². The third-order valence-electron chi connectivity index (χ3n) is 4.73. The minimum absolute atomic E-state index is 0.0977. The van der Waals surface area contributed by atoms with Crippen molar-refractivity contribution >= 4 is 44.6 Å². The summed E-state index contributed by atoms with van der Waals surface area (Å²) in [7, 11) is -0.0399. The van der Waals surface area contributed by atoms with E-state index in [1.807, 2.05) is 50.2 Å². The smallest absolute Gasteiger partial charge is 0.284 e.